The standard InChI is InChI=1S/C22H19ClN2O3S/c1-26-19-10-14(15(23)11-20(19)27-2)22-25-17(13-6-3-4-7-18(13)28-22)12-16(24-25)21-8-5-9-29-21/h3-11,17,22H,12H2,1-2H3/t17-,22-/m1/s1. The van der Waals surface area contributed by atoms with Crippen LogP contribution in [0.15, 0.2) is 59.0 Å². The molecule has 2 atom stereocenters. The number of rotatable bonds is 4. The van der Waals surface area contributed by atoms with Crippen LogP contribution in [0.25, 0.3) is 0 Å². The third-order valence-corrected chi connectivity index (χ3v) is 6.52. The lowest BCUT2D eigenvalue weighted by Gasteiger charge is -2.38. The number of fused-ring (bicyclic) bond motifs is 3. The SMILES string of the molecule is COc1cc(Cl)c([C@H]2Oc3ccccc3[C@H]3CC(c4cccs4)=NN32)cc1OC. The van der Waals surface area contributed by atoms with E-state index >= 15 is 0 Å². The molecular weight excluding hydrogens is 408 g/mol. The lowest BCUT2D eigenvalue weighted by atomic mass is 9.97. The second-order valence-electron chi connectivity index (χ2n) is 6.86. The van der Waals surface area contributed by atoms with E-state index in [1.165, 1.54) is 4.88 Å². The molecule has 2 aliphatic heterocycles. The molecule has 0 unspecified atom stereocenters. The first-order valence-corrected chi connectivity index (χ1v) is 10.5. The first-order valence-electron chi connectivity index (χ1n) is 9.26. The minimum atomic E-state index is -0.459. The van der Waals surface area contributed by atoms with Gasteiger partial charge in [-0.25, -0.2) is 5.01 Å². The van der Waals surface area contributed by atoms with Crippen molar-refractivity contribution in [3.63, 3.8) is 0 Å². The summed E-state index contributed by atoms with van der Waals surface area (Å²) in [5.74, 6) is 2.04. The van der Waals surface area contributed by atoms with Gasteiger partial charge in [-0.1, -0.05) is 35.9 Å². The normalized spacial score (nSPS) is 19.8. The Morgan fingerprint density at radius 3 is 2.62 bits per heavy atom. The monoisotopic (exact) mass is 426 g/mol. The molecule has 5 rings (SSSR count). The van der Waals surface area contributed by atoms with Crippen LogP contribution in [0.5, 0.6) is 17.2 Å². The molecule has 0 aliphatic carbocycles. The Bertz CT molecular complexity index is 1080. The van der Waals surface area contributed by atoms with Crippen LogP contribution in [0.3, 0.4) is 0 Å². The van der Waals surface area contributed by atoms with E-state index in [2.05, 4.69) is 17.5 Å². The number of benzene rings is 2. The van der Waals surface area contributed by atoms with E-state index in [1.807, 2.05) is 35.3 Å². The molecule has 0 radical (unpaired) electrons. The van der Waals surface area contributed by atoms with Gasteiger partial charge in [-0.15, -0.1) is 11.3 Å². The van der Waals surface area contributed by atoms with E-state index in [9.17, 15) is 0 Å². The van der Waals surface area contributed by atoms with E-state index in [0.717, 1.165) is 29.0 Å². The number of halogens is 1. The van der Waals surface area contributed by atoms with Gasteiger partial charge in [0.25, 0.3) is 0 Å². The maximum absolute atomic E-state index is 6.64. The van der Waals surface area contributed by atoms with Crippen LogP contribution >= 0.6 is 22.9 Å². The zero-order valence-corrected chi connectivity index (χ0v) is 17.5. The van der Waals surface area contributed by atoms with E-state index < -0.39 is 6.23 Å². The summed E-state index contributed by atoms with van der Waals surface area (Å²) in [6.07, 6.45) is 0.363. The zero-order valence-electron chi connectivity index (χ0n) is 16.0. The number of ether oxygens (including phenoxy) is 3. The second-order valence-corrected chi connectivity index (χ2v) is 8.22. The molecule has 5 nitrogen and oxygen atoms in total. The number of methoxy groups -OCH3 is 2. The Labute approximate surface area is 178 Å². The van der Waals surface area contributed by atoms with Crippen LogP contribution in [0.2, 0.25) is 5.02 Å². The highest BCUT2D eigenvalue weighted by molar-refractivity contribution is 7.12. The minimum absolute atomic E-state index is 0.0891. The van der Waals surface area contributed by atoms with Gasteiger partial charge in [0, 0.05) is 23.6 Å². The van der Waals surface area contributed by atoms with Crippen molar-refractivity contribution in [2.24, 2.45) is 5.10 Å². The topological polar surface area (TPSA) is 43.3 Å². The van der Waals surface area contributed by atoms with Crippen molar-refractivity contribution in [2.75, 3.05) is 14.2 Å². The zero-order chi connectivity index (χ0) is 20.0. The molecule has 0 bridgehead atoms. The molecule has 0 spiro atoms. The Hall–Kier alpha value is -2.70. The molecular formula is C22H19ClN2O3S. The van der Waals surface area contributed by atoms with Gasteiger partial charge in [0.2, 0.25) is 6.23 Å². The number of para-hydroxylation sites is 1. The lowest BCUT2D eigenvalue weighted by molar-refractivity contribution is -0.0191. The van der Waals surface area contributed by atoms with Crippen molar-refractivity contribution < 1.29 is 14.2 Å². The van der Waals surface area contributed by atoms with Gasteiger partial charge in [0.1, 0.15) is 5.75 Å². The van der Waals surface area contributed by atoms with Crippen molar-refractivity contribution in [1.29, 1.82) is 0 Å². The van der Waals surface area contributed by atoms with Crippen LogP contribution < -0.4 is 14.2 Å². The summed E-state index contributed by atoms with van der Waals surface area (Å²) in [6.45, 7) is 0. The molecule has 7 heteroatoms. The van der Waals surface area contributed by atoms with Crippen molar-refractivity contribution >= 4 is 28.6 Å². The van der Waals surface area contributed by atoms with Crippen LogP contribution in [-0.4, -0.2) is 24.9 Å². The summed E-state index contributed by atoms with van der Waals surface area (Å²) >= 11 is 8.33. The Balaban J connectivity index is 1.63. The molecule has 0 amide bonds. The first-order chi connectivity index (χ1) is 14.2. The summed E-state index contributed by atoms with van der Waals surface area (Å²) in [5, 5.41) is 9.59. The molecule has 1 aromatic heterocycles. The Morgan fingerprint density at radius 1 is 1.07 bits per heavy atom. The highest BCUT2D eigenvalue weighted by atomic mass is 35.5. The maximum atomic E-state index is 6.64. The number of thiophene rings is 1. The van der Waals surface area contributed by atoms with Gasteiger partial charge >= 0.3 is 0 Å². The Kier molecular flexibility index (Phi) is 4.60. The van der Waals surface area contributed by atoms with E-state index in [-0.39, 0.29) is 6.04 Å². The van der Waals surface area contributed by atoms with Crippen LogP contribution in [-0.2, 0) is 0 Å². The van der Waals surface area contributed by atoms with Crippen molar-refractivity contribution in [2.45, 2.75) is 18.7 Å². The second kappa shape index (κ2) is 7.28. The molecule has 29 heavy (non-hydrogen) atoms. The smallest absolute Gasteiger partial charge is 0.215 e. The van der Waals surface area contributed by atoms with Gasteiger partial charge in [0.05, 0.1) is 35.9 Å². The predicted molar refractivity (Wildman–Crippen MR) is 114 cm³/mol. The quantitative estimate of drug-likeness (QED) is 0.539. The molecule has 0 saturated carbocycles. The van der Waals surface area contributed by atoms with Crippen molar-refractivity contribution in [3.8, 4) is 17.2 Å². The summed E-state index contributed by atoms with van der Waals surface area (Å²) in [6, 6.07) is 16.0. The van der Waals surface area contributed by atoms with Crippen LogP contribution in [0.1, 0.15) is 34.7 Å². The van der Waals surface area contributed by atoms with E-state index in [1.54, 1.807) is 31.6 Å². The summed E-state index contributed by atoms with van der Waals surface area (Å²) in [7, 11) is 3.20. The highest BCUT2D eigenvalue weighted by Gasteiger charge is 2.42. The number of hydrazone groups is 1. The van der Waals surface area contributed by atoms with E-state index in [0.29, 0.717) is 16.5 Å². The van der Waals surface area contributed by atoms with E-state index in [4.69, 9.17) is 30.9 Å². The average Bonchev–Trinajstić information content (AvgIpc) is 3.43. The third-order valence-electron chi connectivity index (χ3n) is 5.27. The van der Waals surface area contributed by atoms with Gasteiger partial charge < -0.3 is 14.2 Å². The largest absolute Gasteiger partial charge is 0.493 e. The van der Waals surface area contributed by atoms with Crippen molar-refractivity contribution in [1.82, 2.24) is 5.01 Å². The molecule has 3 aromatic rings. The van der Waals surface area contributed by atoms with Gasteiger partial charge in [-0.2, -0.15) is 5.10 Å². The van der Waals surface area contributed by atoms with Gasteiger partial charge in [0.15, 0.2) is 11.5 Å². The molecule has 0 N–H and O–H groups in total. The fraction of sp³-hybridized carbons (Fsp3) is 0.227. The van der Waals surface area contributed by atoms with Crippen LogP contribution in [0.4, 0.5) is 0 Å². The fourth-order valence-corrected chi connectivity index (χ4v) is 4.86. The van der Waals surface area contributed by atoms with Crippen molar-refractivity contribution in [3.05, 3.63) is 74.9 Å². The Morgan fingerprint density at radius 2 is 1.86 bits per heavy atom. The van der Waals surface area contributed by atoms with Gasteiger partial charge in [-0.3, -0.25) is 0 Å². The molecule has 3 heterocycles. The molecule has 0 saturated heterocycles. The fourth-order valence-electron chi connectivity index (χ4n) is 3.89. The molecule has 0 fully saturated rings. The number of hydrogen-bond donors (Lipinski definition) is 0. The van der Waals surface area contributed by atoms with Gasteiger partial charge in [-0.05, 0) is 23.6 Å². The average molecular weight is 427 g/mol. The lowest BCUT2D eigenvalue weighted by Crippen LogP contribution is -2.33. The van der Waals surface area contributed by atoms with Crippen LogP contribution in [0, 0.1) is 0 Å². The third kappa shape index (κ3) is 3.03. The summed E-state index contributed by atoms with van der Waals surface area (Å²) < 4.78 is 17.3. The molecule has 2 aliphatic rings. The molecule has 2 aromatic carbocycles. The number of nitrogens with zero attached hydrogens (tertiary/aromatic N) is 2. The molecule has 148 valence electrons. The predicted octanol–water partition coefficient (Wildman–Crippen LogP) is 5.66. The summed E-state index contributed by atoms with van der Waals surface area (Å²) in [4.78, 5) is 1.18. The highest BCUT2D eigenvalue weighted by Crippen LogP contribution is 2.49. The maximum Gasteiger partial charge on any atom is 0.215 e. The summed E-state index contributed by atoms with van der Waals surface area (Å²) in [5.41, 5.74) is 2.99. The first kappa shape index (κ1) is 18.3. The number of hydrogen-bond acceptors (Lipinski definition) is 6. The minimum Gasteiger partial charge on any atom is -0.493 e.